The van der Waals surface area contributed by atoms with Crippen molar-refractivity contribution in [1.82, 2.24) is 10.1 Å². The molecule has 5 rings (SSSR count). The number of carboxylic acids is 1. The Morgan fingerprint density at radius 1 is 1.00 bits per heavy atom. The van der Waals surface area contributed by atoms with Crippen molar-refractivity contribution in [2.75, 3.05) is 0 Å². The summed E-state index contributed by atoms with van der Waals surface area (Å²) >= 11 is 14.2. The number of fused-ring (bicyclic) bond motifs is 1. The van der Waals surface area contributed by atoms with Gasteiger partial charge in [-0.1, -0.05) is 72.5 Å². The fourth-order valence-electron chi connectivity index (χ4n) is 4.16. The van der Waals surface area contributed by atoms with Gasteiger partial charge in [-0.3, -0.25) is 0 Å². The van der Waals surface area contributed by atoms with E-state index in [1.807, 2.05) is 60.7 Å². The molecule has 9 heteroatoms. The first-order valence-corrected chi connectivity index (χ1v) is 14.0. The molecular weight excluding hydrogens is 555 g/mol. The number of hydrogen-bond donors (Lipinski definition) is 1. The van der Waals surface area contributed by atoms with Gasteiger partial charge in [-0.2, -0.15) is 0 Å². The molecule has 0 aliphatic carbocycles. The standard InChI is InChI=1S/C30H24Cl2N2O4S/c1-17(2)28-22(27(34-38-28)16-39-29-23(31)4-3-5-24(29)32)15-37-21-10-6-18(7-11-21)19-8-12-25-20(14-19)9-13-26(33-25)30(35)36/h3-14,17H,15-16H2,1-2H3,(H,35,36). The van der Waals surface area contributed by atoms with Crippen LogP contribution in [0.1, 0.15) is 47.3 Å². The van der Waals surface area contributed by atoms with Crippen molar-refractivity contribution in [3.63, 3.8) is 0 Å². The van der Waals surface area contributed by atoms with Crippen molar-refractivity contribution >= 4 is 51.8 Å². The van der Waals surface area contributed by atoms with Crippen LogP contribution in [0.4, 0.5) is 0 Å². The number of nitrogens with zero attached hydrogens (tertiary/aromatic N) is 2. The van der Waals surface area contributed by atoms with Gasteiger partial charge in [-0.15, -0.1) is 11.8 Å². The molecule has 198 valence electrons. The van der Waals surface area contributed by atoms with E-state index in [1.54, 1.807) is 6.07 Å². The Morgan fingerprint density at radius 3 is 2.41 bits per heavy atom. The third kappa shape index (κ3) is 6.06. The van der Waals surface area contributed by atoms with Crippen molar-refractivity contribution < 1.29 is 19.2 Å². The zero-order chi connectivity index (χ0) is 27.5. The van der Waals surface area contributed by atoms with Crippen LogP contribution in [0, 0.1) is 0 Å². The second kappa shape index (κ2) is 11.7. The van der Waals surface area contributed by atoms with E-state index in [-0.39, 0.29) is 11.6 Å². The molecule has 0 aliphatic heterocycles. The molecule has 0 radical (unpaired) electrons. The maximum atomic E-state index is 11.2. The highest BCUT2D eigenvalue weighted by Crippen LogP contribution is 2.37. The summed E-state index contributed by atoms with van der Waals surface area (Å²) in [6, 6.07) is 22.3. The van der Waals surface area contributed by atoms with Gasteiger partial charge in [-0.05, 0) is 53.6 Å². The van der Waals surface area contributed by atoms with Gasteiger partial charge in [0.2, 0.25) is 0 Å². The van der Waals surface area contributed by atoms with E-state index in [0.717, 1.165) is 44.2 Å². The van der Waals surface area contributed by atoms with Crippen LogP contribution in [0.25, 0.3) is 22.0 Å². The number of ether oxygens (including phenoxy) is 1. The molecule has 0 fully saturated rings. The van der Waals surface area contributed by atoms with E-state index < -0.39 is 5.97 Å². The monoisotopic (exact) mass is 578 g/mol. The highest BCUT2D eigenvalue weighted by Gasteiger charge is 2.20. The van der Waals surface area contributed by atoms with Gasteiger partial charge in [-0.25, -0.2) is 9.78 Å². The smallest absolute Gasteiger partial charge is 0.354 e. The molecule has 0 atom stereocenters. The van der Waals surface area contributed by atoms with Crippen molar-refractivity contribution in [2.24, 2.45) is 0 Å². The van der Waals surface area contributed by atoms with Gasteiger partial charge in [0.05, 0.1) is 21.1 Å². The first-order valence-electron chi connectivity index (χ1n) is 12.2. The Bertz CT molecular complexity index is 1630. The summed E-state index contributed by atoms with van der Waals surface area (Å²) in [5.41, 5.74) is 4.39. The number of aromatic carboxylic acids is 1. The highest BCUT2D eigenvalue weighted by molar-refractivity contribution is 7.98. The lowest BCUT2D eigenvalue weighted by Crippen LogP contribution is -2.02. The van der Waals surface area contributed by atoms with E-state index >= 15 is 0 Å². The van der Waals surface area contributed by atoms with Crippen molar-refractivity contribution in [3.05, 3.63) is 106 Å². The zero-order valence-electron chi connectivity index (χ0n) is 21.2. The van der Waals surface area contributed by atoms with E-state index in [1.165, 1.54) is 17.8 Å². The van der Waals surface area contributed by atoms with Gasteiger partial charge < -0.3 is 14.4 Å². The molecule has 2 heterocycles. The molecule has 0 saturated heterocycles. The minimum Gasteiger partial charge on any atom is -0.489 e. The van der Waals surface area contributed by atoms with Gasteiger partial charge in [0.15, 0.2) is 0 Å². The maximum Gasteiger partial charge on any atom is 0.354 e. The largest absolute Gasteiger partial charge is 0.489 e. The van der Waals surface area contributed by atoms with Gasteiger partial charge >= 0.3 is 5.97 Å². The van der Waals surface area contributed by atoms with E-state index in [0.29, 0.717) is 27.9 Å². The first-order chi connectivity index (χ1) is 18.8. The fraction of sp³-hybridized carbons (Fsp3) is 0.167. The molecule has 0 aliphatic rings. The Hall–Kier alpha value is -3.52. The first kappa shape index (κ1) is 27.1. The Morgan fingerprint density at radius 2 is 1.72 bits per heavy atom. The molecule has 0 bridgehead atoms. The molecule has 0 saturated carbocycles. The fourth-order valence-corrected chi connectivity index (χ4v) is 5.81. The summed E-state index contributed by atoms with van der Waals surface area (Å²) in [4.78, 5) is 16.2. The van der Waals surface area contributed by atoms with Gasteiger partial charge in [0.25, 0.3) is 0 Å². The van der Waals surface area contributed by atoms with Crippen LogP contribution in [0.3, 0.4) is 0 Å². The second-order valence-corrected chi connectivity index (χ2v) is 11.0. The summed E-state index contributed by atoms with van der Waals surface area (Å²) in [7, 11) is 0. The summed E-state index contributed by atoms with van der Waals surface area (Å²) < 4.78 is 11.8. The van der Waals surface area contributed by atoms with Crippen molar-refractivity contribution in [3.8, 4) is 16.9 Å². The van der Waals surface area contributed by atoms with Crippen LogP contribution < -0.4 is 4.74 Å². The zero-order valence-corrected chi connectivity index (χ0v) is 23.5. The number of hydrogen-bond acceptors (Lipinski definition) is 6. The Balaban J connectivity index is 1.30. The summed E-state index contributed by atoms with van der Waals surface area (Å²) in [6.07, 6.45) is 0. The number of benzene rings is 3. The van der Waals surface area contributed by atoms with Crippen LogP contribution in [0.2, 0.25) is 10.0 Å². The maximum absolute atomic E-state index is 11.2. The molecule has 0 amide bonds. The van der Waals surface area contributed by atoms with Gasteiger partial charge in [0, 0.05) is 22.0 Å². The lowest BCUT2D eigenvalue weighted by Gasteiger charge is -2.11. The number of aromatic nitrogens is 2. The third-order valence-electron chi connectivity index (χ3n) is 6.18. The molecule has 6 nitrogen and oxygen atoms in total. The normalized spacial score (nSPS) is 11.3. The second-order valence-electron chi connectivity index (χ2n) is 9.19. The summed E-state index contributed by atoms with van der Waals surface area (Å²) in [5, 5.41) is 15.6. The number of thioether (sulfide) groups is 1. The predicted octanol–water partition coefficient (Wildman–Crippen LogP) is 8.89. The number of carbonyl (C=O) groups is 1. The number of rotatable bonds is 9. The molecular formula is C30H24Cl2N2O4S. The molecule has 3 aromatic carbocycles. The molecule has 5 aromatic rings. The molecule has 1 N–H and O–H groups in total. The van der Waals surface area contributed by atoms with E-state index in [2.05, 4.69) is 24.0 Å². The molecule has 2 aromatic heterocycles. The minimum atomic E-state index is -1.04. The predicted molar refractivity (Wildman–Crippen MR) is 155 cm³/mol. The number of pyridine rings is 1. The van der Waals surface area contributed by atoms with Gasteiger partial charge in [0.1, 0.15) is 29.5 Å². The average molecular weight is 580 g/mol. The quantitative estimate of drug-likeness (QED) is 0.175. The van der Waals surface area contributed by atoms with Crippen LogP contribution in [0.15, 0.2) is 82.2 Å². The molecule has 39 heavy (non-hydrogen) atoms. The lowest BCUT2D eigenvalue weighted by molar-refractivity contribution is 0.0691. The van der Waals surface area contributed by atoms with E-state index in [4.69, 9.17) is 37.6 Å². The topological polar surface area (TPSA) is 85.5 Å². The Kier molecular flexibility index (Phi) is 8.12. The van der Waals surface area contributed by atoms with Crippen LogP contribution >= 0.6 is 35.0 Å². The average Bonchev–Trinajstić information content (AvgIpc) is 3.34. The van der Waals surface area contributed by atoms with Crippen LogP contribution in [0.5, 0.6) is 5.75 Å². The summed E-state index contributed by atoms with van der Waals surface area (Å²) in [6.45, 7) is 4.43. The van der Waals surface area contributed by atoms with Crippen molar-refractivity contribution in [2.45, 2.75) is 37.0 Å². The SMILES string of the molecule is CC(C)c1onc(CSc2c(Cl)cccc2Cl)c1COc1ccc(-c2ccc3nc(C(=O)O)ccc3c2)cc1. The van der Waals surface area contributed by atoms with Crippen LogP contribution in [-0.4, -0.2) is 21.2 Å². The molecule has 0 unspecified atom stereocenters. The molecule has 0 spiro atoms. The van der Waals surface area contributed by atoms with Crippen LogP contribution in [-0.2, 0) is 12.4 Å². The number of halogens is 2. The van der Waals surface area contributed by atoms with E-state index in [9.17, 15) is 4.79 Å². The summed E-state index contributed by atoms with van der Waals surface area (Å²) in [5.74, 6) is 1.16. The lowest BCUT2D eigenvalue weighted by atomic mass is 10.0. The highest BCUT2D eigenvalue weighted by atomic mass is 35.5. The third-order valence-corrected chi connectivity index (χ3v) is 8.18. The minimum absolute atomic E-state index is 0.0274. The van der Waals surface area contributed by atoms with Crippen molar-refractivity contribution in [1.29, 1.82) is 0 Å². The number of carboxylic acid groups (broad SMARTS) is 1. The Labute approximate surface area is 239 Å².